The summed E-state index contributed by atoms with van der Waals surface area (Å²) in [5.41, 5.74) is 1.20. The number of hydrogen-bond donors (Lipinski definition) is 0. The number of pyridine rings is 1. The van der Waals surface area contributed by atoms with Crippen LogP contribution < -0.4 is 4.90 Å². The van der Waals surface area contributed by atoms with E-state index in [4.69, 9.17) is 34.8 Å². The normalized spacial score (nSPS) is 11.9. The van der Waals surface area contributed by atoms with E-state index in [9.17, 15) is 4.79 Å². The first-order chi connectivity index (χ1) is 11.3. The van der Waals surface area contributed by atoms with Gasteiger partial charge in [-0.25, -0.2) is 14.6 Å². The van der Waals surface area contributed by atoms with Crippen molar-refractivity contribution in [1.29, 1.82) is 0 Å². The summed E-state index contributed by atoms with van der Waals surface area (Å²) in [6.45, 7) is 5.77. The van der Waals surface area contributed by atoms with Crippen LogP contribution in [0.5, 0.6) is 0 Å². The van der Waals surface area contributed by atoms with Gasteiger partial charge in [0.05, 0.1) is 16.8 Å². The Hall–Kier alpha value is -1.63. The lowest BCUT2D eigenvalue weighted by Crippen LogP contribution is -2.23. The molecular weight excluding hydrogens is 373 g/mol. The molecule has 0 aliphatic carbocycles. The van der Waals surface area contributed by atoms with Gasteiger partial charge >= 0.3 is 0 Å². The van der Waals surface area contributed by atoms with Crippen LogP contribution in [0.3, 0.4) is 0 Å². The maximum atomic E-state index is 11.9. The van der Waals surface area contributed by atoms with E-state index in [2.05, 4.69) is 15.1 Å². The molecule has 128 valence electrons. The van der Waals surface area contributed by atoms with E-state index in [1.165, 1.54) is 18.0 Å². The zero-order valence-electron chi connectivity index (χ0n) is 13.6. The van der Waals surface area contributed by atoms with Gasteiger partial charge < -0.3 is 0 Å². The molecule has 0 N–H and O–H groups in total. The summed E-state index contributed by atoms with van der Waals surface area (Å²) in [5, 5.41) is 4.76. The summed E-state index contributed by atoms with van der Waals surface area (Å²) in [6.07, 6.45) is 2.32. The van der Waals surface area contributed by atoms with Crippen LogP contribution in [-0.4, -0.2) is 33.4 Å². The van der Waals surface area contributed by atoms with Gasteiger partial charge in [-0.05, 0) is 26.8 Å². The maximum Gasteiger partial charge on any atom is 0.221 e. The number of aryl methyl sites for hydroxylation is 1. The minimum Gasteiger partial charge on any atom is -0.278 e. The molecule has 0 fully saturated rings. The Morgan fingerprint density at radius 1 is 1.42 bits per heavy atom. The summed E-state index contributed by atoms with van der Waals surface area (Å²) < 4.78 is 1.72. The molecule has 0 saturated carbocycles. The molecule has 9 heteroatoms. The van der Waals surface area contributed by atoms with Gasteiger partial charge in [0.1, 0.15) is 16.1 Å². The zero-order valence-corrected chi connectivity index (χ0v) is 15.9. The van der Waals surface area contributed by atoms with Gasteiger partial charge in [-0.1, -0.05) is 34.8 Å². The molecule has 2 aromatic heterocycles. The first-order valence-corrected chi connectivity index (χ1v) is 8.22. The fraction of sp³-hybridized carbons (Fsp3) is 0.333. The minimum atomic E-state index is 0.0395. The molecule has 0 radical (unpaired) electrons. The van der Waals surface area contributed by atoms with Crippen molar-refractivity contribution in [3.8, 4) is 0 Å². The van der Waals surface area contributed by atoms with E-state index in [0.29, 0.717) is 17.8 Å². The Morgan fingerprint density at radius 2 is 2.08 bits per heavy atom. The Balaban J connectivity index is 2.75. The molecular formula is C15H16Cl3N5O. The SMILES string of the molecule is CN=C(Cl)c1cc(Cl)c(Cl)nc1N(C=O)c1c(C)cnn1C(C)C. The minimum absolute atomic E-state index is 0.0395. The first kappa shape index (κ1) is 18.7. The van der Waals surface area contributed by atoms with Crippen molar-refractivity contribution in [3.05, 3.63) is 33.6 Å². The summed E-state index contributed by atoms with van der Waals surface area (Å²) >= 11 is 18.3. The number of nitrogens with zero attached hydrogens (tertiary/aromatic N) is 5. The summed E-state index contributed by atoms with van der Waals surface area (Å²) in [5.74, 6) is 0.813. The molecule has 0 spiro atoms. The third-order valence-corrected chi connectivity index (χ3v) is 4.37. The average molecular weight is 389 g/mol. The van der Waals surface area contributed by atoms with Crippen molar-refractivity contribution < 1.29 is 4.79 Å². The maximum absolute atomic E-state index is 11.9. The number of hydrogen-bond acceptors (Lipinski definition) is 4. The van der Waals surface area contributed by atoms with Crippen molar-refractivity contribution in [2.75, 3.05) is 11.9 Å². The molecule has 0 aliphatic heterocycles. The predicted molar refractivity (Wildman–Crippen MR) is 98.1 cm³/mol. The molecule has 6 nitrogen and oxygen atoms in total. The van der Waals surface area contributed by atoms with Crippen molar-refractivity contribution in [2.45, 2.75) is 26.8 Å². The van der Waals surface area contributed by atoms with Crippen molar-refractivity contribution in [3.63, 3.8) is 0 Å². The van der Waals surface area contributed by atoms with Gasteiger partial charge in [-0.2, -0.15) is 5.10 Å². The van der Waals surface area contributed by atoms with Crippen LogP contribution in [0.15, 0.2) is 17.3 Å². The highest BCUT2D eigenvalue weighted by Crippen LogP contribution is 2.34. The number of anilines is 2. The van der Waals surface area contributed by atoms with Crippen molar-refractivity contribution >= 4 is 58.0 Å². The number of aromatic nitrogens is 3. The lowest BCUT2D eigenvalue weighted by molar-refractivity contribution is -0.106. The molecule has 0 aromatic carbocycles. The van der Waals surface area contributed by atoms with Gasteiger partial charge in [-0.3, -0.25) is 9.79 Å². The fourth-order valence-corrected chi connectivity index (χ4v) is 2.66. The molecule has 2 aromatic rings. The molecule has 2 heterocycles. The number of aliphatic imine (C=N–C) groups is 1. The quantitative estimate of drug-likeness (QED) is 0.433. The lowest BCUT2D eigenvalue weighted by Gasteiger charge is -2.23. The first-order valence-electron chi connectivity index (χ1n) is 7.09. The van der Waals surface area contributed by atoms with Gasteiger partial charge in [-0.15, -0.1) is 0 Å². The van der Waals surface area contributed by atoms with Crippen LogP contribution in [-0.2, 0) is 4.79 Å². The van der Waals surface area contributed by atoms with Crippen LogP contribution in [0.1, 0.15) is 31.0 Å². The Labute approximate surface area is 155 Å². The van der Waals surface area contributed by atoms with E-state index in [-0.39, 0.29) is 27.2 Å². The second-order valence-electron chi connectivity index (χ2n) is 5.31. The van der Waals surface area contributed by atoms with E-state index in [1.807, 2.05) is 20.8 Å². The summed E-state index contributed by atoms with van der Waals surface area (Å²) in [6, 6.07) is 1.57. The van der Waals surface area contributed by atoms with Crippen LogP contribution >= 0.6 is 34.8 Å². The smallest absolute Gasteiger partial charge is 0.221 e. The number of rotatable bonds is 5. The van der Waals surface area contributed by atoms with E-state index in [1.54, 1.807) is 10.9 Å². The Bertz CT molecular complexity index is 801. The molecule has 0 saturated heterocycles. The lowest BCUT2D eigenvalue weighted by atomic mass is 10.2. The second-order valence-corrected chi connectivity index (χ2v) is 6.43. The second kappa shape index (κ2) is 7.51. The molecule has 2 rings (SSSR count). The highest BCUT2D eigenvalue weighted by atomic mass is 35.5. The van der Waals surface area contributed by atoms with E-state index < -0.39 is 0 Å². The van der Waals surface area contributed by atoms with Gasteiger partial charge in [0, 0.05) is 18.7 Å². The molecule has 24 heavy (non-hydrogen) atoms. The van der Waals surface area contributed by atoms with Crippen molar-refractivity contribution in [2.24, 2.45) is 4.99 Å². The van der Waals surface area contributed by atoms with E-state index in [0.717, 1.165) is 5.56 Å². The predicted octanol–water partition coefficient (Wildman–Crippen LogP) is 4.38. The summed E-state index contributed by atoms with van der Waals surface area (Å²) in [7, 11) is 1.53. The van der Waals surface area contributed by atoms with Crippen LogP contribution in [0, 0.1) is 6.92 Å². The number of carbonyl (C=O) groups is 1. The molecule has 0 unspecified atom stereocenters. The molecule has 0 aliphatic rings. The molecule has 1 amide bonds. The molecule has 0 bridgehead atoms. The monoisotopic (exact) mass is 387 g/mol. The highest BCUT2D eigenvalue weighted by Gasteiger charge is 2.24. The van der Waals surface area contributed by atoms with Crippen LogP contribution in [0.25, 0.3) is 0 Å². The van der Waals surface area contributed by atoms with Gasteiger partial charge in [0.25, 0.3) is 0 Å². The Morgan fingerprint density at radius 3 is 2.62 bits per heavy atom. The molecule has 0 atom stereocenters. The van der Waals surface area contributed by atoms with Crippen molar-refractivity contribution in [1.82, 2.24) is 14.8 Å². The fourth-order valence-electron chi connectivity index (χ4n) is 2.23. The highest BCUT2D eigenvalue weighted by molar-refractivity contribution is 6.70. The number of carbonyl (C=O) groups excluding carboxylic acids is 1. The largest absolute Gasteiger partial charge is 0.278 e. The average Bonchev–Trinajstić information content (AvgIpc) is 2.92. The van der Waals surface area contributed by atoms with Gasteiger partial charge in [0.2, 0.25) is 6.41 Å². The van der Waals surface area contributed by atoms with Crippen LogP contribution in [0.2, 0.25) is 10.2 Å². The number of amides is 1. The van der Waals surface area contributed by atoms with Gasteiger partial charge in [0.15, 0.2) is 5.82 Å². The van der Waals surface area contributed by atoms with Crippen LogP contribution in [0.4, 0.5) is 11.6 Å². The topological polar surface area (TPSA) is 63.4 Å². The Kier molecular flexibility index (Phi) is 5.85. The van der Waals surface area contributed by atoms with E-state index >= 15 is 0 Å². The standard InChI is InChI=1S/C15H16Cl3N5O/c1-8(2)23-15(9(3)6-20-23)22(7-24)14-10(12(17)19-4)5-11(16)13(18)21-14/h5-8H,1-4H3. The third kappa shape index (κ3) is 3.41. The summed E-state index contributed by atoms with van der Waals surface area (Å²) in [4.78, 5) is 21.4. The zero-order chi connectivity index (χ0) is 18.0. The third-order valence-electron chi connectivity index (χ3n) is 3.33. The number of halogens is 3.